The first kappa shape index (κ1) is 14.6. The number of pyridine rings is 1. The van der Waals surface area contributed by atoms with Gasteiger partial charge in [0.15, 0.2) is 9.84 Å². The minimum atomic E-state index is -3.25. The summed E-state index contributed by atoms with van der Waals surface area (Å²) in [6.45, 7) is 0.733. The Hall–Kier alpha value is -0.810. The van der Waals surface area contributed by atoms with Crippen LogP contribution in [-0.2, 0) is 9.84 Å². The number of hydrogen-bond donors (Lipinski definition) is 1. The third-order valence-electron chi connectivity index (χ3n) is 3.72. The smallest absolute Gasteiger partial charge is 0.179 e. The lowest BCUT2D eigenvalue weighted by Gasteiger charge is -2.18. The minimum absolute atomic E-state index is 0.260. The van der Waals surface area contributed by atoms with Crippen molar-refractivity contribution < 1.29 is 8.42 Å². The van der Waals surface area contributed by atoms with Gasteiger partial charge < -0.3 is 5.32 Å². The average Bonchev–Trinajstić information content (AvgIpc) is 2.83. The standard InChI is InChI=1S/C13H19ClN2O2S/c1-19(17,18)12-6-3-7-15-13(12)16-9-11-5-2-4-10(11)8-14/h3,6-7,10-11H,2,4-5,8-9H2,1H3,(H,15,16). The number of rotatable bonds is 5. The first-order valence-corrected chi connectivity index (χ1v) is 8.90. The van der Waals surface area contributed by atoms with Crippen molar-refractivity contribution >= 4 is 27.3 Å². The molecule has 4 nitrogen and oxygen atoms in total. The maximum atomic E-state index is 11.7. The number of halogens is 1. The first-order valence-electron chi connectivity index (χ1n) is 6.47. The summed E-state index contributed by atoms with van der Waals surface area (Å²) in [6.07, 6.45) is 6.31. The maximum absolute atomic E-state index is 11.7. The molecular formula is C13H19ClN2O2S. The Labute approximate surface area is 119 Å². The first-order chi connectivity index (χ1) is 9.02. The zero-order chi connectivity index (χ0) is 13.9. The Balaban J connectivity index is 2.08. The van der Waals surface area contributed by atoms with Gasteiger partial charge in [-0.1, -0.05) is 6.42 Å². The molecule has 0 bridgehead atoms. The molecule has 106 valence electrons. The molecule has 0 spiro atoms. The van der Waals surface area contributed by atoms with E-state index in [4.69, 9.17) is 11.6 Å². The lowest BCUT2D eigenvalue weighted by molar-refractivity contribution is 0.443. The Morgan fingerprint density at radius 1 is 1.42 bits per heavy atom. The van der Waals surface area contributed by atoms with Crippen LogP contribution in [-0.4, -0.2) is 32.1 Å². The molecule has 1 N–H and O–H groups in total. The largest absolute Gasteiger partial charge is 0.369 e. The molecule has 19 heavy (non-hydrogen) atoms. The summed E-state index contributed by atoms with van der Waals surface area (Å²) in [5.74, 6) is 2.16. The number of hydrogen-bond acceptors (Lipinski definition) is 4. The molecule has 1 fully saturated rings. The van der Waals surface area contributed by atoms with Crippen LogP contribution in [0.5, 0.6) is 0 Å². The van der Waals surface area contributed by atoms with Crippen LogP contribution in [0.15, 0.2) is 23.2 Å². The summed E-state index contributed by atoms with van der Waals surface area (Å²) >= 11 is 5.95. The fourth-order valence-corrected chi connectivity index (χ4v) is 3.84. The highest BCUT2D eigenvalue weighted by atomic mass is 35.5. The van der Waals surface area contributed by atoms with E-state index in [2.05, 4.69) is 10.3 Å². The van der Waals surface area contributed by atoms with Crippen molar-refractivity contribution in [2.75, 3.05) is 24.0 Å². The highest BCUT2D eigenvalue weighted by Crippen LogP contribution is 2.32. The Kier molecular flexibility index (Phi) is 4.68. The van der Waals surface area contributed by atoms with Crippen LogP contribution in [0, 0.1) is 11.8 Å². The van der Waals surface area contributed by atoms with Gasteiger partial charge in [0, 0.05) is 24.9 Å². The summed E-state index contributed by atoms with van der Waals surface area (Å²) in [5, 5.41) is 3.18. The van der Waals surface area contributed by atoms with E-state index in [0.717, 1.165) is 19.4 Å². The van der Waals surface area contributed by atoms with Gasteiger partial charge in [-0.25, -0.2) is 13.4 Å². The van der Waals surface area contributed by atoms with Gasteiger partial charge >= 0.3 is 0 Å². The number of nitrogens with one attached hydrogen (secondary N) is 1. The van der Waals surface area contributed by atoms with E-state index < -0.39 is 9.84 Å². The summed E-state index contributed by atoms with van der Waals surface area (Å²) < 4.78 is 23.3. The SMILES string of the molecule is CS(=O)(=O)c1cccnc1NCC1CCCC1CCl. The molecular weight excluding hydrogens is 284 g/mol. The molecule has 1 aliphatic carbocycles. The summed E-state index contributed by atoms with van der Waals surface area (Å²) in [4.78, 5) is 4.39. The van der Waals surface area contributed by atoms with Crippen LogP contribution in [0.2, 0.25) is 0 Å². The third kappa shape index (κ3) is 3.60. The lowest BCUT2D eigenvalue weighted by atomic mass is 9.98. The molecule has 0 amide bonds. The van der Waals surface area contributed by atoms with Crippen molar-refractivity contribution in [1.29, 1.82) is 0 Å². The molecule has 2 rings (SSSR count). The van der Waals surface area contributed by atoms with Gasteiger partial charge in [0.2, 0.25) is 0 Å². The highest BCUT2D eigenvalue weighted by Gasteiger charge is 2.26. The molecule has 0 aliphatic heterocycles. The average molecular weight is 303 g/mol. The van der Waals surface area contributed by atoms with E-state index in [1.54, 1.807) is 18.3 Å². The minimum Gasteiger partial charge on any atom is -0.369 e. The van der Waals surface area contributed by atoms with Crippen molar-refractivity contribution in [1.82, 2.24) is 4.98 Å². The van der Waals surface area contributed by atoms with Crippen LogP contribution >= 0.6 is 11.6 Å². The van der Waals surface area contributed by atoms with Crippen LogP contribution in [0.1, 0.15) is 19.3 Å². The summed E-state index contributed by atoms with van der Waals surface area (Å²) in [5.41, 5.74) is 0. The molecule has 1 saturated carbocycles. The van der Waals surface area contributed by atoms with Crippen LogP contribution in [0.25, 0.3) is 0 Å². The van der Waals surface area contributed by atoms with Crippen molar-refractivity contribution in [3.63, 3.8) is 0 Å². The predicted molar refractivity (Wildman–Crippen MR) is 77.4 cm³/mol. The molecule has 1 aromatic rings. The summed E-state index contributed by atoms with van der Waals surface area (Å²) in [6, 6.07) is 3.22. The third-order valence-corrected chi connectivity index (χ3v) is 5.24. The summed E-state index contributed by atoms with van der Waals surface area (Å²) in [7, 11) is -3.25. The molecule has 0 saturated heterocycles. The number of anilines is 1. The van der Waals surface area contributed by atoms with Gasteiger partial charge in [0.1, 0.15) is 10.7 Å². The second-order valence-corrected chi connectivity index (χ2v) is 7.40. The molecule has 6 heteroatoms. The Morgan fingerprint density at radius 2 is 2.16 bits per heavy atom. The van der Waals surface area contributed by atoms with E-state index >= 15 is 0 Å². The van der Waals surface area contributed by atoms with Crippen LogP contribution in [0.3, 0.4) is 0 Å². The van der Waals surface area contributed by atoms with Crippen LogP contribution < -0.4 is 5.32 Å². The van der Waals surface area contributed by atoms with Crippen molar-refractivity contribution in [3.05, 3.63) is 18.3 Å². The number of sulfone groups is 1. The normalized spacial score (nSPS) is 23.5. The topological polar surface area (TPSA) is 59.1 Å². The molecule has 1 aliphatic rings. The highest BCUT2D eigenvalue weighted by molar-refractivity contribution is 7.90. The van der Waals surface area contributed by atoms with E-state index in [9.17, 15) is 8.42 Å². The zero-order valence-corrected chi connectivity index (χ0v) is 12.5. The maximum Gasteiger partial charge on any atom is 0.179 e. The fourth-order valence-electron chi connectivity index (χ4n) is 2.64. The molecule has 0 aromatic carbocycles. The monoisotopic (exact) mass is 302 g/mol. The van der Waals surface area contributed by atoms with Crippen molar-refractivity contribution in [2.45, 2.75) is 24.2 Å². The second-order valence-electron chi connectivity index (χ2n) is 5.11. The van der Waals surface area contributed by atoms with Gasteiger partial charge in [0.05, 0.1) is 0 Å². The Bertz CT molecular complexity index is 533. The molecule has 0 radical (unpaired) electrons. The Morgan fingerprint density at radius 3 is 2.84 bits per heavy atom. The second kappa shape index (κ2) is 6.09. The van der Waals surface area contributed by atoms with Gasteiger partial charge in [0.25, 0.3) is 0 Å². The van der Waals surface area contributed by atoms with Crippen LogP contribution in [0.4, 0.5) is 5.82 Å². The van der Waals surface area contributed by atoms with E-state index in [-0.39, 0.29) is 4.90 Å². The van der Waals surface area contributed by atoms with Crippen molar-refractivity contribution in [3.8, 4) is 0 Å². The molecule has 2 atom stereocenters. The number of alkyl halides is 1. The van der Waals surface area contributed by atoms with Crippen molar-refractivity contribution in [2.24, 2.45) is 11.8 Å². The number of nitrogens with zero attached hydrogens (tertiary/aromatic N) is 1. The fraction of sp³-hybridized carbons (Fsp3) is 0.615. The molecule has 1 heterocycles. The lowest BCUT2D eigenvalue weighted by Crippen LogP contribution is -2.20. The molecule has 2 unspecified atom stereocenters. The number of aromatic nitrogens is 1. The van der Waals surface area contributed by atoms with E-state index in [0.29, 0.717) is 23.5 Å². The predicted octanol–water partition coefficient (Wildman–Crippen LogP) is 2.55. The van der Waals surface area contributed by atoms with Gasteiger partial charge in [-0.2, -0.15) is 0 Å². The van der Waals surface area contributed by atoms with E-state index in [1.807, 2.05) is 0 Å². The quantitative estimate of drug-likeness (QED) is 0.849. The van der Waals surface area contributed by atoms with Gasteiger partial charge in [-0.05, 0) is 36.8 Å². The zero-order valence-electron chi connectivity index (χ0n) is 11.0. The van der Waals surface area contributed by atoms with E-state index in [1.165, 1.54) is 12.7 Å². The van der Waals surface area contributed by atoms with Gasteiger partial charge in [-0.3, -0.25) is 0 Å². The molecule has 1 aromatic heterocycles. The van der Waals surface area contributed by atoms with Gasteiger partial charge in [-0.15, -0.1) is 11.6 Å².